The first kappa shape index (κ1) is 31.5. The van der Waals surface area contributed by atoms with Gasteiger partial charge in [-0.1, -0.05) is 66.8 Å². The predicted octanol–water partition coefficient (Wildman–Crippen LogP) is 9.19. The number of ether oxygens (including phenoxy) is 4. The number of nitrogens with zero attached hydrogens (tertiary/aromatic N) is 2. The van der Waals surface area contributed by atoms with E-state index in [4.69, 9.17) is 18.9 Å². The summed E-state index contributed by atoms with van der Waals surface area (Å²) in [6.07, 6.45) is 23.3. The lowest BCUT2D eigenvalue weighted by Gasteiger charge is -2.11. The van der Waals surface area contributed by atoms with Gasteiger partial charge in [-0.2, -0.15) is 0 Å². The number of rotatable bonds is 12. The highest BCUT2D eigenvalue weighted by molar-refractivity contribution is 5.81. The summed E-state index contributed by atoms with van der Waals surface area (Å²) in [6.45, 7) is 0. The highest BCUT2D eigenvalue weighted by atomic mass is 16.5. The molecule has 0 radical (unpaired) electrons. The van der Waals surface area contributed by atoms with Crippen molar-refractivity contribution in [2.75, 3.05) is 28.4 Å². The zero-order chi connectivity index (χ0) is 32.1. The smallest absolute Gasteiger partial charge is 0.126 e. The third-order valence-electron chi connectivity index (χ3n) is 7.31. The molecule has 2 aromatic heterocycles. The molecule has 0 aliphatic rings. The van der Waals surface area contributed by atoms with Crippen LogP contribution in [0.15, 0.2) is 97.6 Å². The number of hydrogen-bond donors (Lipinski definition) is 0. The van der Waals surface area contributed by atoms with Gasteiger partial charge >= 0.3 is 0 Å². The molecule has 6 nitrogen and oxygen atoms in total. The van der Waals surface area contributed by atoms with Gasteiger partial charge in [0.25, 0.3) is 0 Å². The van der Waals surface area contributed by atoms with Gasteiger partial charge in [-0.05, 0) is 76.9 Å². The molecule has 6 heteroatoms. The van der Waals surface area contributed by atoms with Gasteiger partial charge in [-0.3, -0.25) is 9.97 Å². The van der Waals surface area contributed by atoms with Crippen LogP contribution in [0.1, 0.15) is 44.5 Å². The third-order valence-corrected chi connectivity index (χ3v) is 7.31. The van der Waals surface area contributed by atoms with Crippen molar-refractivity contribution in [2.24, 2.45) is 0 Å². The van der Waals surface area contributed by atoms with E-state index in [0.29, 0.717) is 0 Å². The van der Waals surface area contributed by atoms with Gasteiger partial charge in [-0.25, -0.2) is 0 Å². The Bertz CT molecular complexity index is 1740. The molecule has 5 aromatic rings. The molecule has 0 unspecified atom stereocenters. The van der Waals surface area contributed by atoms with Crippen LogP contribution in [-0.4, -0.2) is 38.4 Å². The first-order chi connectivity index (χ1) is 22.6. The van der Waals surface area contributed by atoms with E-state index in [1.165, 1.54) is 0 Å². The minimum Gasteiger partial charge on any atom is -0.496 e. The first-order valence-electron chi connectivity index (χ1n) is 14.7. The number of methoxy groups -OCH3 is 4. The van der Waals surface area contributed by atoms with Gasteiger partial charge in [0, 0.05) is 47.0 Å². The standard InChI is InChI=1S/C40H36N2O4/c1-43-37-27-35(39(45-3)25-33(37)12-8-29-16-20-41-21-17-29)14-10-31-6-5-7-32(24-31)11-15-36-28-38(44-2)34(26-40(36)46-4)13-9-30-18-22-42-23-19-30/h5-28H,1-4H3/b12-8+,13-9+,14-10+,15-11+. The largest absolute Gasteiger partial charge is 0.496 e. The molecule has 0 aliphatic heterocycles. The van der Waals surface area contributed by atoms with Gasteiger partial charge in [0.05, 0.1) is 28.4 Å². The molecule has 0 saturated heterocycles. The third kappa shape index (κ3) is 8.18. The summed E-state index contributed by atoms with van der Waals surface area (Å²) in [6, 6.07) is 24.0. The maximum Gasteiger partial charge on any atom is 0.126 e. The van der Waals surface area contributed by atoms with Crippen molar-refractivity contribution >= 4 is 48.6 Å². The van der Waals surface area contributed by atoms with Gasteiger partial charge in [0.1, 0.15) is 23.0 Å². The van der Waals surface area contributed by atoms with E-state index in [1.54, 1.807) is 53.2 Å². The molecule has 3 aromatic carbocycles. The normalized spacial score (nSPS) is 11.6. The molecule has 0 spiro atoms. The fraction of sp³-hybridized carbons (Fsp3) is 0.100. The summed E-state index contributed by atoms with van der Waals surface area (Å²) in [5.41, 5.74) is 7.87. The molecule has 0 bridgehead atoms. The fourth-order valence-corrected chi connectivity index (χ4v) is 4.87. The van der Waals surface area contributed by atoms with Crippen LogP contribution in [0.3, 0.4) is 0 Å². The van der Waals surface area contributed by atoms with E-state index in [-0.39, 0.29) is 0 Å². The Hall–Kier alpha value is -5.88. The number of benzene rings is 3. The van der Waals surface area contributed by atoms with E-state index in [2.05, 4.69) is 40.3 Å². The molecule has 0 saturated carbocycles. The second kappa shape index (κ2) is 15.7. The van der Waals surface area contributed by atoms with Crippen LogP contribution in [0.4, 0.5) is 0 Å². The average Bonchev–Trinajstić information content (AvgIpc) is 3.12. The average molecular weight is 609 g/mol. The lowest BCUT2D eigenvalue weighted by atomic mass is 10.0. The molecule has 0 atom stereocenters. The summed E-state index contributed by atoms with van der Waals surface area (Å²) < 4.78 is 22.9. The summed E-state index contributed by atoms with van der Waals surface area (Å²) in [4.78, 5) is 8.15. The highest BCUT2D eigenvalue weighted by Crippen LogP contribution is 2.33. The quantitative estimate of drug-likeness (QED) is 0.132. The van der Waals surface area contributed by atoms with Crippen molar-refractivity contribution in [1.29, 1.82) is 0 Å². The summed E-state index contributed by atoms with van der Waals surface area (Å²) >= 11 is 0. The summed E-state index contributed by atoms with van der Waals surface area (Å²) in [5, 5.41) is 0. The van der Waals surface area contributed by atoms with Crippen LogP contribution in [0.5, 0.6) is 23.0 Å². The SMILES string of the molecule is COc1cc(/C=C/c2cccc(/C=C/c3cc(OC)c(/C=C/c4ccncc4)cc3OC)c2)c(OC)cc1/C=C/c1ccncc1. The second-order valence-corrected chi connectivity index (χ2v) is 10.2. The van der Waals surface area contributed by atoms with E-state index >= 15 is 0 Å². The van der Waals surface area contributed by atoms with E-state index in [0.717, 1.165) is 67.5 Å². The molecule has 46 heavy (non-hydrogen) atoms. The zero-order valence-electron chi connectivity index (χ0n) is 26.4. The van der Waals surface area contributed by atoms with Crippen LogP contribution in [0.2, 0.25) is 0 Å². The van der Waals surface area contributed by atoms with Gasteiger partial charge in [0.2, 0.25) is 0 Å². The molecule has 2 heterocycles. The van der Waals surface area contributed by atoms with Gasteiger partial charge < -0.3 is 18.9 Å². The van der Waals surface area contributed by atoms with E-state index in [9.17, 15) is 0 Å². The fourth-order valence-electron chi connectivity index (χ4n) is 4.87. The Kier molecular flexibility index (Phi) is 10.8. The van der Waals surface area contributed by atoms with Gasteiger partial charge in [-0.15, -0.1) is 0 Å². The Morgan fingerprint density at radius 3 is 0.978 bits per heavy atom. The molecule has 5 rings (SSSR count). The van der Waals surface area contributed by atoms with Crippen molar-refractivity contribution in [1.82, 2.24) is 9.97 Å². The van der Waals surface area contributed by atoms with Crippen molar-refractivity contribution in [2.45, 2.75) is 0 Å². The van der Waals surface area contributed by atoms with Crippen LogP contribution in [-0.2, 0) is 0 Å². The molecular formula is C40H36N2O4. The Labute approximate surface area is 270 Å². The maximum atomic E-state index is 5.73. The monoisotopic (exact) mass is 608 g/mol. The van der Waals surface area contributed by atoms with E-state index < -0.39 is 0 Å². The maximum absolute atomic E-state index is 5.73. The minimum atomic E-state index is 0.752. The Morgan fingerprint density at radius 2 is 0.674 bits per heavy atom. The topological polar surface area (TPSA) is 62.7 Å². The number of pyridine rings is 2. The minimum absolute atomic E-state index is 0.752. The van der Waals surface area contributed by atoms with E-state index in [1.807, 2.05) is 91.1 Å². The summed E-state index contributed by atoms with van der Waals surface area (Å²) in [7, 11) is 6.70. The Balaban J connectivity index is 1.36. The van der Waals surface area contributed by atoms with Crippen molar-refractivity contribution in [3.63, 3.8) is 0 Å². The Morgan fingerprint density at radius 1 is 0.370 bits per heavy atom. The van der Waals surface area contributed by atoms with Crippen LogP contribution in [0, 0.1) is 0 Å². The first-order valence-corrected chi connectivity index (χ1v) is 14.7. The van der Waals surface area contributed by atoms with Crippen LogP contribution in [0.25, 0.3) is 48.6 Å². The lowest BCUT2D eigenvalue weighted by molar-refractivity contribution is 0.401. The van der Waals surface area contributed by atoms with Crippen molar-refractivity contribution in [3.8, 4) is 23.0 Å². The van der Waals surface area contributed by atoms with Crippen LogP contribution >= 0.6 is 0 Å². The molecule has 0 fully saturated rings. The lowest BCUT2D eigenvalue weighted by Crippen LogP contribution is -1.93. The molecule has 0 aliphatic carbocycles. The van der Waals surface area contributed by atoms with Crippen LogP contribution < -0.4 is 18.9 Å². The van der Waals surface area contributed by atoms with Crippen molar-refractivity contribution in [3.05, 3.63) is 142 Å². The molecule has 0 amide bonds. The second-order valence-electron chi connectivity index (χ2n) is 10.2. The molecular weight excluding hydrogens is 572 g/mol. The molecule has 230 valence electrons. The van der Waals surface area contributed by atoms with Gasteiger partial charge in [0.15, 0.2) is 0 Å². The number of aromatic nitrogens is 2. The summed E-state index contributed by atoms with van der Waals surface area (Å²) in [5.74, 6) is 3.02. The predicted molar refractivity (Wildman–Crippen MR) is 190 cm³/mol. The highest BCUT2D eigenvalue weighted by Gasteiger charge is 2.10. The number of hydrogen-bond acceptors (Lipinski definition) is 6. The van der Waals surface area contributed by atoms with Crippen molar-refractivity contribution < 1.29 is 18.9 Å². The zero-order valence-corrected chi connectivity index (χ0v) is 26.4. The molecule has 0 N–H and O–H groups in total.